The van der Waals surface area contributed by atoms with Crippen molar-refractivity contribution in [1.29, 1.82) is 0 Å². The number of aryl methyl sites for hydroxylation is 1. The lowest BCUT2D eigenvalue weighted by atomic mass is 10.4. The van der Waals surface area contributed by atoms with Gasteiger partial charge in [0.1, 0.15) is 10.0 Å². The SMILES string of the molecule is COC(=O)NCCc1nnc(C)s1. The molecule has 1 aromatic heterocycles. The number of carbonyl (C=O) groups excluding carboxylic acids is 1. The predicted molar refractivity (Wildman–Crippen MR) is 48.8 cm³/mol. The molecule has 0 unspecified atom stereocenters. The van der Waals surface area contributed by atoms with Crippen molar-refractivity contribution >= 4 is 17.4 Å². The fourth-order valence-electron chi connectivity index (χ4n) is 0.782. The first-order valence-electron chi connectivity index (χ1n) is 3.83. The molecule has 1 N–H and O–H groups in total. The lowest BCUT2D eigenvalue weighted by molar-refractivity contribution is 0.171. The van der Waals surface area contributed by atoms with Crippen LogP contribution in [0, 0.1) is 6.92 Å². The minimum atomic E-state index is -0.416. The van der Waals surface area contributed by atoms with E-state index < -0.39 is 6.09 Å². The van der Waals surface area contributed by atoms with E-state index in [-0.39, 0.29) is 0 Å². The predicted octanol–water partition coefficient (Wildman–Crippen LogP) is 0.745. The number of amides is 1. The molecule has 0 aliphatic carbocycles. The highest BCUT2D eigenvalue weighted by Crippen LogP contribution is 2.07. The molecule has 6 heteroatoms. The van der Waals surface area contributed by atoms with E-state index in [2.05, 4.69) is 20.3 Å². The summed E-state index contributed by atoms with van der Waals surface area (Å²) in [5.41, 5.74) is 0. The second-order valence-corrected chi connectivity index (χ2v) is 3.65. The Morgan fingerprint density at radius 2 is 2.38 bits per heavy atom. The Bertz CT molecular complexity index is 287. The van der Waals surface area contributed by atoms with Crippen LogP contribution in [0.5, 0.6) is 0 Å². The standard InChI is InChI=1S/C7H11N3O2S/c1-5-9-10-6(13-5)3-4-8-7(11)12-2/h3-4H2,1-2H3,(H,8,11). The number of carbonyl (C=O) groups is 1. The summed E-state index contributed by atoms with van der Waals surface area (Å²) in [5, 5.41) is 12.2. The number of alkyl carbamates (subject to hydrolysis) is 1. The molecule has 5 nitrogen and oxygen atoms in total. The van der Waals surface area contributed by atoms with E-state index in [4.69, 9.17) is 0 Å². The molecule has 0 aliphatic rings. The van der Waals surface area contributed by atoms with E-state index in [9.17, 15) is 4.79 Å². The van der Waals surface area contributed by atoms with Gasteiger partial charge in [-0.15, -0.1) is 21.5 Å². The highest BCUT2D eigenvalue weighted by Gasteiger charge is 2.01. The maximum atomic E-state index is 10.6. The molecule has 0 radical (unpaired) electrons. The molecule has 1 amide bonds. The Hall–Kier alpha value is -1.17. The average Bonchev–Trinajstić information content (AvgIpc) is 2.51. The number of nitrogens with one attached hydrogen (secondary N) is 1. The largest absolute Gasteiger partial charge is 0.453 e. The van der Waals surface area contributed by atoms with Gasteiger partial charge in [0, 0.05) is 13.0 Å². The number of rotatable bonds is 3. The van der Waals surface area contributed by atoms with E-state index >= 15 is 0 Å². The third-order valence-corrected chi connectivity index (χ3v) is 2.26. The van der Waals surface area contributed by atoms with Gasteiger partial charge in [-0.2, -0.15) is 0 Å². The molecule has 0 aromatic carbocycles. The van der Waals surface area contributed by atoms with Crippen molar-refractivity contribution in [2.45, 2.75) is 13.3 Å². The molecule has 13 heavy (non-hydrogen) atoms. The molecule has 0 atom stereocenters. The van der Waals surface area contributed by atoms with E-state index in [1.807, 2.05) is 6.92 Å². The number of ether oxygens (including phenoxy) is 1. The highest BCUT2D eigenvalue weighted by atomic mass is 32.1. The van der Waals surface area contributed by atoms with Crippen LogP contribution in [-0.2, 0) is 11.2 Å². The summed E-state index contributed by atoms with van der Waals surface area (Å²) in [7, 11) is 1.34. The molecular formula is C7H11N3O2S. The van der Waals surface area contributed by atoms with E-state index in [1.165, 1.54) is 18.4 Å². The van der Waals surface area contributed by atoms with Crippen molar-refractivity contribution in [1.82, 2.24) is 15.5 Å². The van der Waals surface area contributed by atoms with Gasteiger partial charge in [0.2, 0.25) is 0 Å². The van der Waals surface area contributed by atoms with Gasteiger partial charge in [0.15, 0.2) is 0 Å². The normalized spacial score (nSPS) is 9.69. The Morgan fingerprint density at radius 3 is 2.92 bits per heavy atom. The van der Waals surface area contributed by atoms with Crippen LogP contribution in [-0.4, -0.2) is 29.9 Å². The monoisotopic (exact) mass is 201 g/mol. The smallest absolute Gasteiger partial charge is 0.406 e. The number of nitrogens with zero attached hydrogens (tertiary/aromatic N) is 2. The van der Waals surface area contributed by atoms with Crippen LogP contribution in [0.25, 0.3) is 0 Å². The summed E-state index contributed by atoms with van der Waals surface area (Å²) < 4.78 is 4.41. The van der Waals surface area contributed by atoms with Crippen LogP contribution in [0.2, 0.25) is 0 Å². The lowest BCUT2D eigenvalue weighted by Gasteiger charge is -1.99. The lowest BCUT2D eigenvalue weighted by Crippen LogP contribution is -2.25. The third kappa shape index (κ3) is 3.37. The van der Waals surface area contributed by atoms with Crippen LogP contribution in [0.15, 0.2) is 0 Å². The summed E-state index contributed by atoms with van der Waals surface area (Å²) in [6.07, 6.45) is 0.280. The second kappa shape index (κ2) is 4.76. The van der Waals surface area contributed by atoms with Crippen LogP contribution in [0.3, 0.4) is 0 Å². The maximum absolute atomic E-state index is 10.6. The fraction of sp³-hybridized carbons (Fsp3) is 0.571. The minimum Gasteiger partial charge on any atom is -0.453 e. The van der Waals surface area contributed by atoms with Crippen molar-refractivity contribution in [2.75, 3.05) is 13.7 Å². The maximum Gasteiger partial charge on any atom is 0.406 e. The number of hydrogen-bond acceptors (Lipinski definition) is 5. The van der Waals surface area contributed by atoms with Crippen molar-refractivity contribution < 1.29 is 9.53 Å². The van der Waals surface area contributed by atoms with Crippen LogP contribution in [0.1, 0.15) is 10.0 Å². The first-order valence-corrected chi connectivity index (χ1v) is 4.65. The number of methoxy groups -OCH3 is 1. The molecule has 0 aliphatic heterocycles. The molecular weight excluding hydrogens is 190 g/mol. The zero-order valence-corrected chi connectivity index (χ0v) is 8.35. The molecule has 1 heterocycles. The summed E-state index contributed by atoms with van der Waals surface area (Å²) >= 11 is 1.53. The first-order chi connectivity index (χ1) is 6.22. The van der Waals surface area contributed by atoms with Gasteiger partial charge in [-0.1, -0.05) is 0 Å². The molecule has 0 saturated carbocycles. The summed E-state index contributed by atoms with van der Waals surface area (Å²) in [4.78, 5) is 10.6. The number of aromatic nitrogens is 2. The van der Waals surface area contributed by atoms with Crippen LogP contribution in [0.4, 0.5) is 4.79 Å². The van der Waals surface area contributed by atoms with Gasteiger partial charge < -0.3 is 10.1 Å². The van der Waals surface area contributed by atoms with Gasteiger partial charge in [0.25, 0.3) is 0 Å². The number of hydrogen-bond donors (Lipinski definition) is 1. The Kier molecular flexibility index (Phi) is 3.63. The van der Waals surface area contributed by atoms with Gasteiger partial charge in [-0.05, 0) is 6.92 Å². The average molecular weight is 201 g/mol. The van der Waals surface area contributed by atoms with Crippen LogP contribution >= 0.6 is 11.3 Å². The Balaban J connectivity index is 2.24. The fourth-order valence-corrected chi connectivity index (χ4v) is 1.49. The van der Waals surface area contributed by atoms with E-state index in [0.29, 0.717) is 13.0 Å². The van der Waals surface area contributed by atoms with Crippen molar-refractivity contribution in [3.63, 3.8) is 0 Å². The highest BCUT2D eigenvalue weighted by molar-refractivity contribution is 7.11. The Morgan fingerprint density at radius 1 is 1.62 bits per heavy atom. The molecule has 0 bridgehead atoms. The van der Waals surface area contributed by atoms with Crippen molar-refractivity contribution in [2.24, 2.45) is 0 Å². The third-order valence-electron chi connectivity index (χ3n) is 1.36. The van der Waals surface area contributed by atoms with E-state index in [0.717, 1.165) is 10.0 Å². The van der Waals surface area contributed by atoms with Gasteiger partial charge in [-0.25, -0.2) is 4.79 Å². The van der Waals surface area contributed by atoms with Gasteiger partial charge in [-0.3, -0.25) is 0 Å². The molecule has 1 aromatic rings. The zero-order chi connectivity index (χ0) is 9.68. The molecule has 0 saturated heterocycles. The van der Waals surface area contributed by atoms with Gasteiger partial charge in [0.05, 0.1) is 7.11 Å². The van der Waals surface area contributed by atoms with Crippen molar-refractivity contribution in [3.8, 4) is 0 Å². The molecule has 1 rings (SSSR count). The molecule has 0 fully saturated rings. The molecule has 72 valence electrons. The minimum absolute atomic E-state index is 0.416. The van der Waals surface area contributed by atoms with Crippen molar-refractivity contribution in [3.05, 3.63) is 10.0 Å². The molecule has 0 spiro atoms. The topological polar surface area (TPSA) is 64.1 Å². The second-order valence-electron chi connectivity index (χ2n) is 2.38. The summed E-state index contributed by atoms with van der Waals surface area (Å²) in [6.45, 7) is 2.43. The van der Waals surface area contributed by atoms with E-state index in [1.54, 1.807) is 0 Å². The summed E-state index contributed by atoms with van der Waals surface area (Å²) in [5.74, 6) is 0. The quantitative estimate of drug-likeness (QED) is 0.783. The first kappa shape index (κ1) is 9.91. The van der Waals surface area contributed by atoms with Crippen LogP contribution < -0.4 is 5.32 Å². The summed E-state index contributed by atoms with van der Waals surface area (Å²) in [6, 6.07) is 0. The van der Waals surface area contributed by atoms with Gasteiger partial charge >= 0.3 is 6.09 Å². The zero-order valence-electron chi connectivity index (χ0n) is 7.53. The Labute approximate surface area is 80.1 Å².